The van der Waals surface area contributed by atoms with Crippen LogP contribution < -0.4 is 11.1 Å². The fraction of sp³-hybridized carbons (Fsp3) is 0.200. The Balaban J connectivity index is 2.85. The van der Waals surface area contributed by atoms with E-state index < -0.39 is 17.8 Å². The Bertz CT molecular complexity index is 425. The van der Waals surface area contributed by atoms with Gasteiger partial charge in [-0.25, -0.2) is 4.39 Å². The molecule has 0 aliphatic rings. The van der Waals surface area contributed by atoms with Crippen LogP contribution in [0.2, 0.25) is 0 Å². The van der Waals surface area contributed by atoms with Gasteiger partial charge in [-0.1, -0.05) is 0 Å². The topological polar surface area (TPSA) is 78.9 Å². The monoisotopic (exact) mass is 207 g/mol. The first-order valence-electron chi connectivity index (χ1n) is 4.30. The summed E-state index contributed by atoms with van der Waals surface area (Å²) in [4.78, 5) is 10.7. The van der Waals surface area contributed by atoms with E-state index in [0.717, 1.165) is 6.07 Å². The van der Waals surface area contributed by atoms with Crippen molar-refractivity contribution < 1.29 is 9.18 Å². The second kappa shape index (κ2) is 4.42. The molecule has 1 aromatic rings. The fourth-order valence-electron chi connectivity index (χ4n) is 1.02. The summed E-state index contributed by atoms with van der Waals surface area (Å²) in [6, 6.07) is 5.12. The third-order valence-corrected chi connectivity index (χ3v) is 1.90. The number of nitrogens with zero attached hydrogens (tertiary/aromatic N) is 1. The lowest BCUT2D eigenvalue weighted by molar-refractivity contribution is -0.118. The molecule has 1 unspecified atom stereocenters. The van der Waals surface area contributed by atoms with Gasteiger partial charge in [0.1, 0.15) is 17.9 Å². The molecule has 0 aliphatic heterocycles. The van der Waals surface area contributed by atoms with Crippen molar-refractivity contribution in [3.63, 3.8) is 0 Å². The summed E-state index contributed by atoms with van der Waals surface area (Å²) in [5, 5.41) is 11.2. The maximum absolute atomic E-state index is 13.1. The Hall–Kier alpha value is -2.09. The maximum Gasteiger partial charge on any atom is 0.239 e. The molecule has 0 aromatic heterocycles. The number of carbonyl (C=O) groups excluding carboxylic acids is 1. The van der Waals surface area contributed by atoms with Gasteiger partial charge in [0.2, 0.25) is 5.91 Å². The van der Waals surface area contributed by atoms with Crippen LogP contribution >= 0.6 is 0 Å². The molecule has 15 heavy (non-hydrogen) atoms. The maximum atomic E-state index is 13.1. The molecule has 0 spiro atoms. The average molecular weight is 207 g/mol. The van der Waals surface area contributed by atoms with Crippen LogP contribution in [0, 0.1) is 17.1 Å². The van der Waals surface area contributed by atoms with Gasteiger partial charge in [-0.15, -0.1) is 0 Å². The lowest BCUT2D eigenvalue weighted by Crippen LogP contribution is -2.32. The molecule has 1 atom stereocenters. The van der Waals surface area contributed by atoms with E-state index >= 15 is 0 Å². The first-order valence-corrected chi connectivity index (χ1v) is 4.30. The smallest absolute Gasteiger partial charge is 0.239 e. The third-order valence-electron chi connectivity index (χ3n) is 1.90. The van der Waals surface area contributed by atoms with Crippen molar-refractivity contribution in [1.82, 2.24) is 0 Å². The largest absolute Gasteiger partial charge is 0.374 e. The minimum absolute atomic E-state index is 0.0349. The quantitative estimate of drug-likeness (QED) is 0.775. The Kier molecular flexibility index (Phi) is 3.24. The van der Waals surface area contributed by atoms with E-state index in [4.69, 9.17) is 11.0 Å². The fourth-order valence-corrected chi connectivity index (χ4v) is 1.02. The van der Waals surface area contributed by atoms with E-state index in [1.807, 2.05) is 0 Å². The zero-order valence-electron chi connectivity index (χ0n) is 8.12. The second-order valence-corrected chi connectivity index (χ2v) is 3.07. The standard InChI is InChI=1S/C10H10FN3O/c1-6(10(13)15)14-8-3-2-7(5-12)9(11)4-8/h2-4,6,14H,1H3,(H2,13,15). The van der Waals surface area contributed by atoms with E-state index in [2.05, 4.69) is 5.32 Å². The zero-order chi connectivity index (χ0) is 11.4. The second-order valence-electron chi connectivity index (χ2n) is 3.07. The summed E-state index contributed by atoms with van der Waals surface area (Å²) in [6.07, 6.45) is 0. The van der Waals surface area contributed by atoms with Crippen molar-refractivity contribution in [3.8, 4) is 6.07 Å². The normalized spacial score (nSPS) is 11.5. The minimum atomic E-state index is -0.626. The Morgan fingerprint density at radius 3 is 2.80 bits per heavy atom. The molecular formula is C10H10FN3O. The molecule has 4 nitrogen and oxygen atoms in total. The zero-order valence-corrected chi connectivity index (χ0v) is 8.12. The first kappa shape index (κ1) is 11.0. The number of amides is 1. The van der Waals surface area contributed by atoms with Crippen LogP contribution in [0.4, 0.5) is 10.1 Å². The van der Waals surface area contributed by atoms with Gasteiger partial charge < -0.3 is 11.1 Å². The lowest BCUT2D eigenvalue weighted by Gasteiger charge is -2.11. The highest BCUT2D eigenvalue weighted by Crippen LogP contribution is 2.14. The summed E-state index contributed by atoms with van der Waals surface area (Å²) in [6.45, 7) is 1.57. The highest BCUT2D eigenvalue weighted by molar-refractivity contribution is 5.82. The number of nitrogens with two attached hydrogens (primary N) is 1. The average Bonchev–Trinajstić information content (AvgIpc) is 2.18. The number of nitriles is 1. The van der Waals surface area contributed by atoms with Gasteiger partial charge in [0.15, 0.2) is 0 Å². The van der Waals surface area contributed by atoms with Crippen molar-refractivity contribution in [1.29, 1.82) is 5.26 Å². The van der Waals surface area contributed by atoms with Crippen molar-refractivity contribution in [2.45, 2.75) is 13.0 Å². The molecule has 0 saturated heterocycles. The van der Waals surface area contributed by atoms with E-state index in [0.29, 0.717) is 5.69 Å². The predicted octanol–water partition coefficient (Wildman–Crippen LogP) is 0.983. The molecule has 3 N–H and O–H groups in total. The number of anilines is 1. The molecule has 0 heterocycles. The predicted molar refractivity (Wildman–Crippen MR) is 53.4 cm³/mol. The summed E-state index contributed by atoms with van der Waals surface area (Å²) in [7, 11) is 0. The molecule has 1 rings (SSSR count). The van der Waals surface area contributed by atoms with Gasteiger partial charge in [0.25, 0.3) is 0 Å². The van der Waals surface area contributed by atoms with Gasteiger partial charge >= 0.3 is 0 Å². The summed E-state index contributed by atoms with van der Waals surface area (Å²) < 4.78 is 13.1. The number of benzene rings is 1. The van der Waals surface area contributed by atoms with Crippen LogP contribution in [0.25, 0.3) is 0 Å². The Morgan fingerprint density at radius 1 is 1.67 bits per heavy atom. The van der Waals surface area contributed by atoms with E-state index in [9.17, 15) is 9.18 Å². The van der Waals surface area contributed by atoms with Crippen molar-refractivity contribution in [3.05, 3.63) is 29.6 Å². The number of carbonyl (C=O) groups is 1. The SMILES string of the molecule is CC(Nc1ccc(C#N)c(F)c1)C(N)=O. The van der Waals surface area contributed by atoms with E-state index in [1.165, 1.54) is 12.1 Å². The van der Waals surface area contributed by atoms with Gasteiger partial charge in [0, 0.05) is 5.69 Å². The number of nitrogens with one attached hydrogen (secondary N) is 1. The third kappa shape index (κ3) is 2.68. The molecule has 78 valence electrons. The van der Waals surface area contributed by atoms with Gasteiger partial charge in [-0.05, 0) is 25.1 Å². The summed E-state index contributed by atoms with van der Waals surface area (Å²) in [5.74, 6) is -1.15. The molecule has 1 aromatic carbocycles. The summed E-state index contributed by atoms with van der Waals surface area (Å²) >= 11 is 0. The van der Waals surface area contributed by atoms with E-state index in [1.54, 1.807) is 13.0 Å². The molecule has 1 amide bonds. The Morgan fingerprint density at radius 2 is 2.33 bits per heavy atom. The van der Waals surface area contributed by atoms with Gasteiger partial charge in [-0.3, -0.25) is 4.79 Å². The van der Waals surface area contributed by atoms with Crippen LogP contribution in [0.15, 0.2) is 18.2 Å². The molecule has 0 radical (unpaired) electrons. The lowest BCUT2D eigenvalue weighted by atomic mass is 10.2. The van der Waals surface area contributed by atoms with Crippen molar-refractivity contribution >= 4 is 11.6 Å². The van der Waals surface area contributed by atoms with Gasteiger partial charge in [0.05, 0.1) is 5.56 Å². The highest BCUT2D eigenvalue weighted by Gasteiger charge is 2.09. The first-order chi connectivity index (χ1) is 7.04. The Labute approximate surface area is 86.5 Å². The highest BCUT2D eigenvalue weighted by atomic mass is 19.1. The van der Waals surface area contributed by atoms with Gasteiger partial charge in [-0.2, -0.15) is 5.26 Å². The van der Waals surface area contributed by atoms with Crippen LogP contribution in [0.1, 0.15) is 12.5 Å². The molecule has 0 bridgehead atoms. The van der Waals surface area contributed by atoms with Crippen LogP contribution in [-0.4, -0.2) is 11.9 Å². The molecule has 0 saturated carbocycles. The molecule has 0 aliphatic carbocycles. The molecular weight excluding hydrogens is 197 g/mol. The number of primary amides is 1. The number of rotatable bonds is 3. The van der Waals surface area contributed by atoms with Crippen molar-refractivity contribution in [2.75, 3.05) is 5.32 Å². The minimum Gasteiger partial charge on any atom is -0.374 e. The summed E-state index contributed by atoms with van der Waals surface area (Å²) in [5.41, 5.74) is 5.41. The molecule has 0 fully saturated rings. The molecule has 5 heteroatoms. The number of halogens is 1. The van der Waals surface area contributed by atoms with Crippen LogP contribution in [0.5, 0.6) is 0 Å². The van der Waals surface area contributed by atoms with Crippen LogP contribution in [0.3, 0.4) is 0 Å². The van der Waals surface area contributed by atoms with Crippen LogP contribution in [-0.2, 0) is 4.79 Å². The van der Waals surface area contributed by atoms with E-state index in [-0.39, 0.29) is 5.56 Å². The van der Waals surface area contributed by atoms with Crippen molar-refractivity contribution in [2.24, 2.45) is 5.73 Å². The number of hydrogen-bond donors (Lipinski definition) is 2. The number of hydrogen-bond acceptors (Lipinski definition) is 3.